The van der Waals surface area contributed by atoms with E-state index in [1.54, 1.807) is 0 Å². The summed E-state index contributed by atoms with van der Waals surface area (Å²) >= 11 is 0. The van der Waals surface area contributed by atoms with Crippen LogP contribution in [0.1, 0.15) is 23.6 Å². The van der Waals surface area contributed by atoms with Gasteiger partial charge in [0.2, 0.25) is 0 Å². The summed E-state index contributed by atoms with van der Waals surface area (Å²) in [5.41, 5.74) is 3.47. The van der Waals surface area contributed by atoms with Crippen molar-refractivity contribution in [2.45, 2.75) is 19.1 Å². The third-order valence-electron chi connectivity index (χ3n) is 4.35. The Morgan fingerprint density at radius 3 is 2.50 bits per heavy atom. The molecule has 4 rings (SSSR count). The lowest BCUT2D eigenvalue weighted by Gasteiger charge is -2.26. The maximum absolute atomic E-state index is 6.15. The van der Waals surface area contributed by atoms with Crippen LogP contribution in [0.5, 0.6) is 0 Å². The predicted octanol–water partition coefficient (Wildman–Crippen LogP) is 4.63. The van der Waals surface area contributed by atoms with Gasteiger partial charge >= 0.3 is 0 Å². The van der Waals surface area contributed by atoms with E-state index in [-0.39, 0.29) is 5.60 Å². The molecule has 1 atom stereocenters. The van der Waals surface area contributed by atoms with Crippen LogP contribution >= 0.6 is 0 Å². The molecular formula is C19H16O. The van der Waals surface area contributed by atoms with Crippen molar-refractivity contribution in [3.8, 4) is 0 Å². The molecular weight excluding hydrogens is 244 g/mol. The van der Waals surface area contributed by atoms with E-state index >= 15 is 0 Å². The van der Waals surface area contributed by atoms with Crippen LogP contribution in [-0.2, 0) is 16.9 Å². The van der Waals surface area contributed by atoms with Crippen LogP contribution < -0.4 is 0 Å². The Balaban J connectivity index is 1.91. The molecule has 3 aromatic carbocycles. The van der Waals surface area contributed by atoms with Crippen LogP contribution in [0.15, 0.2) is 66.7 Å². The summed E-state index contributed by atoms with van der Waals surface area (Å²) < 4.78 is 6.15. The second kappa shape index (κ2) is 4.19. The Bertz CT molecular complexity index is 790. The molecule has 0 saturated carbocycles. The van der Waals surface area contributed by atoms with Crippen LogP contribution in [-0.4, -0.2) is 0 Å². The van der Waals surface area contributed by atoms with E-state index in [0.29, 0.717) is 6.61 Å². The molecule has 0 amide bonds. The lowest BCUT2D eigenvalue weighted by atomic mass is 9.86. The number of rotatable bonds is 1. The van der Waals surface area contributed by atoms with E-state index in [1.807, 2.05) is 0 Å². The molecule has 0 spiro atoms. The standard InChI is InChI=1S/C19H16O/c1-19(18-9-5-4-8-16(18)13-20-19)17-11-10-14-6-2-3-7-15(14)12-17/h2-12H,13H2,1H3. The number of hydrogen-bond donors (Lipinski definition) is 0. The molecule has 1 aliphatic rings. The summed E-state index contributed by atoms with van der Waals surface area (Å²) in [6, 6.07) is 23.6. The lowest BCUT2D eigenvalue weighted by molar-refractivity contribution is 0.00981. The van der Waals surface area contributed by atoms with Gasteiger partial charge in [-0.1, -0.05) is 60.7 Å². The molecule has 1 nitrogen and oxygen atoms in total. The van der Waals surface area contributed by atoms with Crippen molar-refractivity contribution < 1.29 is 4.74 Å². The van der Waals surface area contributed by atoms with Gasteiger partial charge in [0.15, 0.2) is 0 Å². The fourth-order valence-corrected chi connectivity index (χ4v) is 3.14. The summed E-state index contributed by atoms with van der Waals surface area (Å²) in [4.78, 5) is 0. The molecule has 1 aliphatic heterocycles. The van der Waals surface area contributed by atoms with Crippen molar-refractivity contribution in [2.24, 2.45) is 0 Å². The van der Waals surface area contributed by atoms with Crippen molar-refractivity contribution in [1.29, 1.82) is 0 Å². The van der Waals surface area contributed by atoms with Gasteiger partial charge < -0.3 is 4.74 Å². The first-order valence-electron chi connectivity index (χ1n) is 6.99. The summed E-state index contributed by atoms with van der Waals surface area (Å²) in [6.07, 6.45) is 0. The highest BCUT2D eigenvalue weighted by molar-refractivity contribution is 5.83. The fourth-order valence-electron chi connectivity index (χ4n) is 3.14. The van der Waals surface area contributed by atoms with Gasteiger partial charge in [-0.05, 0) is 40.5 Å². The third-order valence-corrected chi connectivity index (χ3v) is 4.35. The molecule has 0 bridgehead atoms. The van der Waals surface area contributed by atoms with E-state index in [2.05, 4.69) is 73.7 Å². The highest BCUT2D eigenvalue weighted by Gasteiger charge is 2.36. The minimum absolute atomic E-state index is 0.333. The van der Waals surface area contributed by atoms with Crippen LogP contribution in [0.25, 0.3) is 10.8 Å². The molecule has 1 unspecified atom stereocenters. The van der Waals surface area contributed by atoms with Crippen molar-refractivity contribution in [3.05, 3.63) is 83.4 Å². The summed E-state index contributed by atoms with van der Waals surface area (Å²) in [5, 5.41) is 2.53. The van der Waals surface area contributed by atoms with Gasteiger partial charge in [-0.2, -0.15) is 0 Å². The van der Waals surface area contributed by atoms with Crippen molar-refractivity contribution in [2.75, 3.05) is 0 Å². The zero-order valence-corrected chi connectivity index (χ0v) is 11.5. The van der Waals surface area contributed by atoms with Gasteiger partial charge in [-0.25, -0.2) is 0 Å². The monoisotopic (exact) mass is 260 g/mol. The topological polar surface area (TPSA) is 9.23 Å². The van der Waals surface area contributed by atoms with Gasteiger partial charge in [-0.15, -0.1) is 0 Å². The van der Waals surface area contributed by atoms with Crippen molar-refractivity contribution in [1.82, 2.24) is 0 Å². The number of fused-ring (bicyclic) bond motifs is 2. The lowest BCUT2D eigenvalue weighted by Crippen LogP contribution is -2.22. The molecule has 0 N–H and O–H groups in total. The van der Waals surface area contributed by atoms with Gasteiger partial charge in [0, 0.05) is 0 Å². The molecule has 0 aromatic heterocycles. The fraction of sp³-hybridized carbons (Fsp3) is 0.158. The molecule has 0 fully saturated rings. The molecule has 3 aromatic rings. The Morgan fingerprint density at radius 1 is 0.850 bits per heavy atom. The van der Waals surface area contributed by atoms with Crippen LogP contribution in [0.2, 0.25) is 0 Å². The number of benzene rings is 3. The highest BCUT2D eigenvalue weighted by Crippen LogP contribution is 2.42. The number of ether oxygens (including phenoxy) is 1. The van der Waals surface area contributed by atoms with E-state index in [9.17, 15) is 0 Å². The normalized spacial score (nSPS) is 21.1. The number of hydrogen-bond acceptors (Lipinski definition) is 1. The maximum atomic E-state index is 6.15. The first-order chi connectivity index (χ1) is 9.77. The minimum atomic E-state index is -0.333. The third kappa shape index (κ3) is 1.60. The van der Waals surface area contributed by atoms with Crippen LogP contribution in [0.3, 0.4) is 0 Å². The van der Waals surface area contributed by atoms with Gasteiger partial charge in [-0.3, -0.25) is 0 Å². The Kier molecular flexibility index (Phi) is 2.45. The second-order valence-corrected chi connectivity index (χ2v) is 5.54. The maximum Gasteiger partial charge on any atom is 0.116 e. The van der Waals surface area contributed by atoms with Gasteiger partial charge in [0.1, 0.15) is 5.60 Å². The van der Waals surface area contributed by atoms with E-state index in [1.165, 1.54) is 27.5 Å². The summed E-state index contributed by atoms with van der Waals surface area (Å²) in [7, 11) is 0. The van der Waals surface area contributed by atoms with E-state index in [0.717, 1.165) is 0 Å². The van der Waals surface area contributed by atoms with E-state index in [4.69, 9.17) is 4.74 Å². The molecule has 0 saturated heterocycles. The first kappa shape index (κ1) is 11.7. The largest absolute Gasteiger partial charge is 0.361 e. The minimum Gasteiger partial charge on any atom is -0.361 e. The summed E-state index contributed by atoms with van der Waals surface area (Å²) in [5.74, 6) is 0. The van der Waals surface area contributed by atoms with E-state index < -0.39 is 0 Å². The zero-order valence-electron chi connectivity index (χ0n) is 11.5. The predicted molar refractivity (Wildman–Crippen MR) is 81.6 cm³/mol. The molecule has 1 heteroatoms. The SMILES string of the molecule is CC1(c2ccc3ccccc3c2)OCc2ccccc21. The average molecular weight is 260 g/mol. The van der Waals surface area contributed by atoms with Crippen molar-refractivity contribution >= 4 is 10.8 Å². The first-order valence-corrected chi connectivity index (χ1v) is 6.99. The molecule has 0 radical (unpaired) electrons. The van der Waals surface area contributed by atoms with Gasteiger partial charge in [0.25, 0.3) is 0 Å². The Morgan fingerprint density at radius 2 is 1.60 bits per heavy atom. The van der Waals surface area contributed by atoms with Crippen LogP contribution in [0.4, 0.5) is 0 Å². The van der Waals surface area contributed by atoms with Gasteiger partial charge in [0.05, 0.1) is 6.61 Å². The Labute approximate surface area is 118 Å². The molecule has 0 aliphatic carbocycles. The zero-order chi connectivity index (χ0) is 13.6. The summed E-state index contributed by atoms with van der Waals surface area (Å²) in [6.45, 7) is 2.86. The van der Waals surface area contributed by atoms with Crippen LogP contribution in [0, 0.1) is 0 Å². The molecule has 20 heavy (non-hydrogen) atoms. The Hall–Kier alpha value is -2.12. The van der Waals surface area contributed by atoms with Crippen molar-refractivity contribution in [3.63, 3.8) is 0 Å². The molecule has 98 valence electrons. The second-order valence-electron chi connectivity index (χ2n) is 5.54. The smallest absolute Gasteiger partial charge is 0.116 e. The highest BCUT2D eigenvalue weighted by atomic mass is 16.5. The quantitative estimate of drug-likeness (QED) is 0.619. The average Bonchev–Trinajstić information content (AvgIpc) is 2.86. The molecule has 1 heterocycles.